The maximum Gasteiger partial charge on any atom is 0.213 e. The van der Waals surface area contributed by atoms with E-state index >= 15 is 0 Å². The Hall–Kier alpha value is -0.830. The number of nitrogens with zero attached hydrogens (tertiary/aromatic N) is 2. The van der Waals surface area contributed by atoms with E-state index in [1.54, 1.807) is 0 Å². The molecule has 5 nitrogen and oxygen atoms in total. The Kier molecular flexibility index (Phi) is 3.42. The molecular weight excluding hydrogens is 361 g/mol. The van der Waals surface area contributed by atoms with Crippen molar-refractivity contribution in [2.45, 2.75) is 12.1 Å². The van der Waals surface area contributed by atoms with E-state index in [1.165, 1.54) is 11.8 Å². The molecule has 0 amide bonds. The largest absolute Gasteiger partial charge is 0.369 e. The van der Waals surface area contributed by atoms with Crippen LogP contribution in [0.3, 0.4) is 0 Å². The lowest BCUT2D eigenvalue weighted by Gasteiger charge is -2.07. The normalized spacial score (nSPS) is 13.3. The van der Waals surface area contributed by atoms with E-state index in [4.69, 9.17) is 21.3 Å². The highest BCUT2D eigenvalue weighted by Crippen LogP contribution is 2.47. The zero-order chi connectivity index (χ0) is 13.6. The van der Waals surface area contributed by atoms with Crippen molar-refractivity contribution in [3.05, 3.63) is 15.4 Å². The first-order valence-corrected chi connectivity index (χ1v) is 7.38. The Balaban J connectivity index is 2.38. The second-order valence-corrected chi connectivity index (χ2v) is 5.91. The van der Waals surface area contributed by atoms with Gasteiger partial charge < -0.3 is 9.68 Å². The summed E-state index contributed by atoms with van der Waals surface area (Å²) in [6.45, 7) is 1.95. The number of benzene rings is 1. The first-order chi connectivity index (χ1) is 9.13. The molecule has 19 heavy (non-hydrogen) atoms. The second-order valence-electron chi connectivity index (χ2n) is 3.53. The molecule has 0 atom stereocenters. The zero-order valence-corrected chi connectivity index (χ0v) is 12.6. The van der Waals surface area contributed by atoms with E-state index in [9.17, 15) is 4.39 Å². The Morgan fingerprint density at radius 1 is 1.37 bits per heavy atom. The molecule has 0 radical (unpaired) electrons. The van der Waals surface area contributed by atoms with Gasteiger partial charge in [-0.15, -0.1) is 0 Å². The number of halogens is 3. The second kappa shape index (κ2) is 4.93. The molecule has 100 valence electrons. The standard InChI is InChI=1S/C10H6BrClFN3O2S/c1-2-19-10-14-6-3(9(12)15-10)7-8(18-16-17-7)4(11)5(6)13/h16H,2H2,1H3. The van der Waals surface area contributed by atoms with Crippen LogP contribution < -0.4 is 15.3 Å². The van der Waals surface area contributed by atoms with E-state index < -0.39 is 5.82 Å². The average Bonchev–Trinajstić information content (AvgIpc) is 2.85. The molecule has 2 aromatic rings. The fourth-order valence-corrected chi connectivity index (χ4v) is 3.00. The van der Waals surface area contributed by atoms with E-state index in [0.717, 1.165) is 5.75 Å². The van der Waals surface area contributed by atoms with Crippen LogP contribution >= 0.6 is 39.3 Å². The third kappa shape index (κ3) is 2.03. The highest BCUT2D eigenvalue weighted by Gasteiger charge is 2.29. The average molecular weight is 367 g/mol. The number of thioether (sulfide) groups is 1. The molecule has 2 heterocycles. The lowest BCUT2D eigenvalue weighted by atomic mass is 10.2. The van der Waals surface area contributed by atoms with Crippen LogP contribution in [0.1, 0.15) is 6.92 Å². The van der Waals surface area contributed by atoms with Crippen LogP contribution in [0.2, 0.25) is 5.15 Å². The van der Waals surface area contributed by atoms with Crippen molar-refractivity contribution < 1.29 is 14.1 Å². The summed E-state index contributed by atoms with van der Waals surface area (Å²) in [5.41, 5.74) is 2.29. The van der Waals surface area contributed by atoms with Crippen LogP contribution in [0.5, 0.6) is 11.5 Å². The lowest BCUT2D eigenvalue weighted by Crippen LogP contribution is -2.14. The smallest absolute Gasteiger partial charge is 0.213 e. The Bertz CT molecular complexity index is 688. The van der Waals surface area contributed by atoms with E-state index in [1.807, 2.05) is 6.92 Å². The van der Waals surface area contributed by atoms with Crippen LogP contribution in [0.25, 0.3) is 10.9 Å². The van der Waals surface area contributed by atoms with Gasteiger partial charge in [-0.25, -0.2) is 14.4 Å². The number of hydrogen-bond acceptors (Lipinski definition) is 6. The summed E-state index contributed by atoms with van der Waals surface area (Å²) in [5, 5.41) is 0.816. The van der Waals surface area contributed by atoms with E-state index in [-0.39, 0.29) is 32.0 Å². The van der Waals surface area contributed by atoms with Gasteiger partial charge in [0.1, 0.15) is 15.1 Å². The van der Waals surface area contributed by atoms with Crippen LogP contribution in [0.15, 0.2) is 9.63 Å². The van der Waals surface area contributed by atoms with E-state index in [2.05, 4.69) is 31.5 Å². The first-order valence-electron chi connectivity index (χ1n) is 5.23. The monoisotopic (exact) mass is 365 g/mol. The maximum absolute atomic E-state index is 14.3. The van der Waals surface area contributed by atoms with Crippen molar-refractivity contribution in [3.63, 3.8) is 0 Å². The minimum Gasteiger partial charge on any atom is -0.369 e. The quantitative estimate of drug-likeness (QED) is 0.499. The molecule has 0 fully saturated rings. The summed E-state index contributed by atoms with van der Waals surface area (Å²) in [7, 11) is 0. The molecule has 1 N–H and O–H groups in total. The first kappa shape index (κ1) is 13.2. The van der Waals surface area contributed by atoms with Gasteiger partial charge in [0.05, 0.1) is 5.39 Å². The highest BCUT2D eigenvalue weighted by atomic mass is 79.9. The summed E-state index contributed by atoms with van der Waals surface area (Å²) in [5.74, 6) is 0.646. The van der Waals surface area contributed by atoms with Crippen LogP contribution in [-0.2, 0) is 0 Å². The third-order valence-electron chi connectivity index (χ3n) is 2.44. The van der Waals surface area contributed by atoms with Gasteiger partial charge in [-0.2, -0.15) is 0 Å². The molecule has 1 aromatic carbocycles. The fraction of sp³-hybridized carbons (Fsp3) is 0.200. The summed E-state index contributed by atoms with van der Waals surface area (Å²) in [6.07, 6.45) is 0. The predicted octanol–water partition coefficient (Wildman–Crippen LogP) is 3.49. The highest BCUT2D eigenvalue weighted by molar-refractivity contribution is 9.10. The number of fused-ring (bicyclic) bond motifs is 3. The summed E-state index contributed by atoms with van der Waals surface area (Å²) in [6, 6.07) is 0. The lowest BCUT2D eigenvalue weighted by molar-refractivity contribution is 0.0262. The molecule has 0 spiro atoms. The van der Waals surface area contributed by atoms with Crippen molar-refractivity contribution in [2.75, 3.05) is 5.75 Å². The topological polar surface area (TPSA) is 56.3 Å². The molecule has 0 aliphatic carbocycles. The van der Waals surface area contributed by atoms with Gasteiger partial charge in [0.25, 0.3) is 0 Å². The zero-order valence-electron chi connectivity index (χ0n) is 9.46. The van der Waals surface area contributed by atoms with Gasteiger partial charge in [0.15, 0.2) is 11.0 Å². The van der Waals surface area contributed by atoms with Gasteiger partial charge in [-0.3, -0.25) is 0 Å². The molecule has 1 aromatic heterocycles. The van der Waals surface area contributed by atoms with Crippen molar-refractivity contribution in [1.82, 2.24) is 15.6 Å². The van der Waals surface area contributed by atoms with Crippen molar-refractivity contribution in [2.24, 2.45) is 0 Å². The molecule has 0 saturated carbocycles. The SMILES string of the molecule is CCSc1nc(Cl)c2c3c(c(Br)c(F)c2n1)ONO3. The van der Waals surface area contributed by atoms with Crippen molar-refractivity contribution in [3.8, 4) is 11.5 Å². The molecule has 9 heteroatoms. The van der Waals surface area contributed by atoms with Crippen molar-refractivity contribution >= 4 is 50.2 Å². The molecule has 1 aliphatic heterocycles. The van der Waals surface area contributed by atoms with Gasteiger partial charge in [0.2, 0.25) is 11.5 Å². The Morgan fingerprint density at radius 3 is 2.84 bits per heavy atom. The predicted molar refractivity (Wildman–Crippen MR) is 73.0 cm³/mol. The molecular formula is C10H6BrClFN3O2S. The van der Waals surface area contributed by atoms with Gasteiger partial charge in [-0.05, 0) is 21.7 Å². The van der Waals surface area contributed by atoms with Gasteiger partial charge in [0, 0.05) is 5.64 Å². The van der Waals surface area contributed by atoms with Crippen LogP contribution in [-0.4, -0.2) is 15.7 Å². The molecule has 1 aliphatic rings. The summed E-state index contributed by atoms with van der Waals surface area (Å²) >= 11 is 10.6. The number of aromatic nitrogens is 2. The summed E-state index contributed by atoms with van der Waals surface area (Å²) in [4.78, 5) is 18.3. The van der Waals surface area contributed by atoms with Crippen LogP contribution in [0, 0.1) is 5.82 Å². The minimum atomic E-state index is -0.566. The summed E-state index contributed by atoms with van der Waals surface area (Å²) < 4.78 is 14.4. The molecule has 3 rings (SSSR count). The van der Waals surface area contributed by atoms with Gasteiger partial charge >= 0.3 is 0 Å². The van der Waals surface area contributed by atoms with Gasteiger partial charge in [-0.1, -0.05) is 30.3 Å². The van der Waals surface area contributed by atoms with E-state index in [0.29, 0.717) is 5.16 Å². The van der Waals surface area contributed by atoms with Crippen molar-refractivity contribution in [1.29, 1.82) is 0 Å². The number of rotatable bonds is 2. The molecule has 0 unspecified atom stereocenters. The third-order valence-corrected chi connectivity index (χ3v) is 4.15. The molecule has 0 saturated heterocycles. The Labute approximate surface area is 124 Å². The number of nitrogens with one attached hydrogen (secondary N) is 1. The molecule has 0 bridgehead atoms. The Morgan fingerprint density at radius 2 is 2.11 bits per heavy atom. The minimum absolute atomic E-state index is 0.0916. The maximum atomic E-state index is 14.3. The van der Waals surface area contributed by atoms with Crippen LogP contribution in [0.4, 0.5) is 4.39 Å². The fourth-order valence-electron chi connectivity index (χ4n) is 1.68. The number of hydrogen-bond donors (Lipinski definition) is 1.